The van der Waals surface area contributed by atoms with Crippen LogP contribution in [0, 0.1) is 0 Å². The van der Waals surface area contributed by atoms with Crippen LogP contribution in [0.1, 0.15) is 19.4 Å². The third-order valence-electron chi connectivity index (χ3n) is 3.04. The van der Waals surface area contributed by atoms with E-state index in [4.69, 9.17) is 32.7 Å². The van der Waals surface area contributed by atoms with E-state index in [2.05, 4.69) is 5.32 Å². The molecule has 2 aromatic rings. The molecule has 128 valence electrons. The molecule has 0 saturated heterocycles. The van der Waals surface area contributed by atoms with Crippen molar-refractivity contribution in [2.24, 2.45) is 0 Å². The Morgan fingerprint density at radius 1 is 1.12 bits per heavy atom. The highest BCUT2D eigenvalue weighted by Crippen LogP contribution is 2.27. The van der Waals surface area contributed by atoms with Gasteiger partial charge in [0.25, 0.3) is 5.91 Å². The fourth-order valence-corrected chi connectivity index (χ4v) is 2.41. The standard InChI is InChI=1S/C18H19Cl2NO3/c1-12(2)24-15-6-3-13(4-7-15)10-21-18(22)11-23-17-8-5-14(19)9-16(17)20/h3-9,12H,10-11H2,1-2H3,(H,21,22). The van der Waals surface area contributed by atoms with Crippen molar-refractivity contribution in [3.05, 3.63) is 58.1 Å². The topological polar surface area (TPSA) is 47.6 Å². The van der Waals surface area contributed by atoms with E-state index in [-0.39, 0.29) is 18.6 Å². The van der Waals surface area contributed by atoms with Gasteiger partial charge in [-0.1, -0.05) is 35.3 Å². The molecule has 0 saturated carbocycles. The number of nitrogens with one attached hydrogen (secondary N) is 1. The fraction of sp³-hybridized carbons (Fsp3) is 0.278. The third kappa shape index (κ3) is 5.95. The molecule has 24 heavy (non-hydrogen) atoms. The molecule has 1 amide bonds. The van der Waals surface area contributed by atoms with Crippen LogP contribution in [-0.4, -0.2) is 18.6 Å². The molecule has 0 radical (unpaired) electrons. The Labute approximate surface area is 151 Å². The van der Waals surface area contributed by atoms with E-state index in [1.54, 1.807) is 18.2 Å². The molecule has 0 aliphatic rings. The molecule has 2 aromatic carbocycles. The average Bonchev–Trinajstić information content (AvgIpc) is 2.53. The summed E-state index contributed by atoms with van der Waals surface area (Å²) in [6.07, 6.45) is 0.132. The van der Waals surface area contributed by atoms with Crippen LogP contribution in [0.4, 0.5) is 0 Å². The van der Waals surface area contributed by atoms with Crippen LogP contribution in [0.25, 0.3) is 0 Å². The first-order valence-corrected chi connectivity index (χ1v) is 8.30. The SMILES string of the molecule is CC(C)Oc1ccc(CNC(=O)COc2ccc(Cl)cc2Cl)cc1. The zero-order valence-electron chi connectivity index (χ0n) is 13.5. The first-order chi connectivity index (χ1) is 11.4. The quantitative estimate of drug-likeness (QED) is 0.784. The first kappa shape index (κ1) is 18.4. The van der Waals surface area contributed by atoms with Crippen molar-refractivity contribution < 1.29 is 14.3 Å². The Morgan fingerprint density at radius 2 is 1.83 bits per heavy atom. The van der Waals surface area contributed by atoms with Gasteiger partial charge in [-0.05, 0) is 49.7 Å². The second kappa shape index (κ2) is 8.81. The Balaban J connectivity index is 1.78. The summed E-state index contributed by atoms with van der Waals surface area (Å²) < 4.78 is 11.0. The number of carbonyl (C=O) groups excluding carboxylic acids is 1. The zero-order chi connectivity index (χ0) is 17.5. The summed E-state index contributed by atoms with van der Waals surface area (Å²) in [6.45, 7) is 4.25. The normalized spacial score (nSPS) is 10.5. The van der Waals surface area contributed by atoms with E-state index in [1.165, 1.54) is 0 Å². The zero-order valence-corrected chi connectivity index (χ0v) is 15.0. The molecule has 0 aromatic heterocycles. The van der Waals surface area contributed by atoms with Crippen molar-refractivity contribution in [2.75, 3.05) is 6.61 Å². The van der Waals surface area contributed by atoms with Crippen LogP contribution in [0.3, 0.4) is 0 Å². The van der Waals surface area contributed by atoms with Crippen LogP contribution < -0.4 is 14.8 Å². The van der Waals surface area contributed by atoms with E-state index in [0.29, 0.717) is 22.3 Å². The fourth-order valence-electron chi connectivity index (χ4n) is 1.95. The Morgan fingerprint density at radius 3 is 2.46 bits per heavy atom. The largest absolute Gasteiger partial charge is 0.491 e. The number of amides is 1. The maximum atomic E-state index is 11.9. The maximum absolute atomic E-state index is 11.9. The van der Waals surface area contributed by atoms with E-state index >= 15 is 0 Å². The van der Waals surface area contributed by atoms with Crippen molar-refractivity contribution in [1.29, 1.82) is 0 Å². The van der Waals surface area contributed by atoms with Gasteiger partial charge in [0.2, 0.25) is 0 Å². The van der Waals surface area contributed by atoms with Crippen molar-refractivity contribution in [2.45, 2.75) is 26.5 Å². The van der Waals surface area contributed by atoms with E-state index in [9.17, 15) is 4.79 Å². The number of benzene rings is 2. The van der Waals surface area contributed by atoms with Gasteiger partial charge in [-0.15, -0.1) is 0 Å². The highest BCUT2D eigenvalue weighted by atomic mass is 35.5. The van der Waals surface area contributed by atoms with Gasteiger partial charge in [0.1, 0.15) is 11.5 Å². The minimum atomic E-state index is -0.233. The number of hydrogen-bond donors (Lipinski definition) is 1. The molecule has 0 atom stereocenters. The van der Waals surface area contributed by atoms with Gasteiger partial charge in [-0.3, -0.25) is 4.79 Å². The van der Waals surface area contributed by atoms with E-state index in [1.807, 2.05) is 38.1 Å². The van der Waals surface area contributed by atoms with E-state index < -0.39 is 0 Å². The average molecular weight is 368 g/mol. The Bertz CT molecular complexity index is 687. The highest BCUT2D eigenvalue weighted by Gasteiger charge is 2.07. The first-order valence-electron chi connectivity index (χ1n) is 7.54. The second-order valence-corrected chi connectivity index (χ2v) is 6.29. The molecule has 0 spiro atoms. The molecule has 0 fully saturated rings. The van der Waals surface area contributed by atoms with Crippen LogP contribution >= 0.6 is 23.2 Å². The van der Waals surface area contributed by atoms with Crippen molar-refractivity contribution in [3.63, 3.8) is 0 Å². The van der Waals surface area contributed by atoms with Crippen LogP contribution in [0.5, 0.6) is 11.5 Å². The number of ether oxygens (including phenoxy) is 2. The summed E-state index contributed by atoms with van der Waals surface area (Å²) in [5.41, 5.74) is 0.976. The molecule has 6 heteroatoms. The Kier molecular flexibility index (Phi) is 6.76. The van der Waals surface area contributed by atoms with Crippen LogP contribution in [0.2, 0.25) is 10.0 Å². The van der Waals surface area contributed by atoms with Crippen molar-refractivity contribution >= 4 is 29.1 Å². The third-order valence-corrected chi connectivity index (χ3v) is 3.57. The molecule has 0 aliphatic carbocycles. The van der Waals surface area contributed by atoms with Gasteiger partial charge in [0.05, 0.1) is 11.1 Å². The lowest BCUT2D eigenvalue weighted by atomic mass is 10.2. The number of carbonyl (C=O) groups is 1. The number of halogens is 2. The number of hydrogen-bond acceptors (Lipinski definition) is 3. The molecule has 0 heterocycles. The van der Waals surface area contributed by atoms with Gasteiger partial charge in [-0.25, -0.2) is 0 Å². The molecule has 4 nitrogen and oxygen atoms in total. The second-order valence-electron chi connectivity index (χ2n) is 5.45. The molecule has 0 unspecified atom stereocenters. The summed E-state index contributed by atoms with van der Waals surface area (Å²) >= 11 is 11.8. The lowest BCUT2D eigenvalue weighted by molar-refractivity contribution is -0.123. The maximum Gasteiger partial charge on any atom is 0.258 e. The lowest BCUT2D eigenvalue weighted by Gasteiger charge is -2.11. The molecule has 0 aliphatic heterocycles. The monoisotopic (exact) mass is 367 g/mol. The van der Waals surface area contributed by atoms with Gasteiger partial charge in [-0.2, -0.15) is 0 Å². The van der Waals surface area contributed by atoms with Gasteiger partial charge in [0.15, 0.2) is 6.61 Å². The molecular formula is C18H19Cl2NO3. The van der Waals surface area contributed by atoms with Gasteiger partial charge in [0, 0.05) is 11.6 Å². The molecular weight excluding hydrogens is 349 g/mol. The van der Waals surface area contributed by atoms with Crippen LogP contribution in [-0.2, 0) is 11.3 Å². The minimum absolute atomic E-state index is 0.115. The number of rotatable bonds is 7. The van der Waals surface area contributed by atoms with E-state index in [0.717, 1.165) is 11.3 Å². The minimum Gasteiger partial charge on any atom is -0.491 e. The summed E-state index contributed by atoms with van der Waals surface area (Å²) in [5.74, 6) is 0.996. The van der Waals surface area contributed by atoms with Gasteiger partial charge < -0.3 is 14.8 Å². The molecule has 2 rings (SSSR count). The smallest absolute Gasteiger partial charge is 0.258 e. The highest BCUT2D eigenvalue weighted by molar-refractivity contribution is 6.35. The van der Waals surface area contributed by atoms with Crippen LogP contribution in [0.15, 0.2) is 42.5 Å². The summed E-state index contributed by atoms with van der Waals surface area (Å²) in [7, 11) is 0. The van der Waals surface area contributed by atoms with Crippen molar-refractivity contribution in [3.8, 4) is 11.5 Å². The predicted octanol–water partition coefficient (Wildman–Crippen LogP) is 4.48. The van der Waals surface area contributed by atoms with Crippen molar-refractivity contribution in [1.82, 2.24) is 5.32 Å². The van der Waals surface area contributed by atoms with Gasteiger partial charge >= 0.3 is 0 Å². The molecule has 0 bridgehead atoms. The Hall–Kier alpha value is -1.91. The summed E-state index contributed by atoms with van der Waals surface area (Å²) in [5, 5.41) is 3.67. The predicted molar refractivity (Wildman–Crippen MR) is 96.0 cm³/mol. The molecule has 1 N–H and O–H groups in total. The summed E-state index contributed by atoms with van der Waals surface area (Å²) in [4.78, 5) is 11.9. The lowest BCUT2D eigenvalue weighted by Crippen LogP contribution is -2.28. The summed E-state index contributed by atoms with van der Waals surface area (Å²) in [6, 6.07) is 12.4.